The number of nitrogens with one attached hydrogen (secondary N) is 1. The van der Waals surface area contributed by atoms with Crippen LogP contribution in [-0.4, -0.2) is 16.6 Å². The Bertz CT molecular complexity index is 402. The van der Waals surface area contributed by atoms with Crippen LogP contribution in [0.4, 0.5) is 5.82 Å². The maximum absolute atomic E-state index is 5.86. The summed E-state index contributed by atoms with van der Waals surface area (Å²) in [7, 11) is 0. The van der Waals surface area contributed by atoms with Gasteiger partial charge in [0.2, 0.25) is 5.88 Å². The van der Waals surface area contributed by atoms with Crippen LogP contribution in [0.3, 0.4) is 0 Å². The summed E-state index contributed by atoms with van der Waals surface area (Å²) in [5.74, 6) is 8.23. The van der Waals surface area contributed by atoms with E-state index in [0.717, 1.165) is 24.4 Å². The first-order valence-electron chi connectivity index (χ1n) is 6.71. The lowest BCUT2D eigenvalue weighted by Crippen LogP contribution is -2.15. The molecule has 1 aliphatic carbocycles. The Hall–Kier alpha value is -1.36. The minimum atomic E-state index is 0.656. The Balaban J connectivity index is 2.09. The van der Waals surface area contributed by atoms with E-state index in [1.165, 1.54) is 25.7 Å². The molecule has 0 radical (unpaired) electrons. The smallest absolute Gasteiger partial charge is 0.221 e. The zero-order chi connectivity index (χ0) is 13.0. The molecule has 3 N–H and O–H groups in total. The van der Waals surface area contributed by atoms with Gasteiger partial charge in [0.25, 0.3) is 0 Å². The average molecular weight is 250 g/mol. The quantitative estimate of drug-likeness (QED) is 0.619. The van der Waals surface area contributed by atoms with Gasteiger partial charge in [0.1, 0.15) is 11.6 Å². The van der Waals surface area contributed by atoms with Crippen molar-refractivity contribution >= 4 is 5.82 Å². The normalized spacial score (nSPS) is 15.9. The molecular weight excluding hydrogens is 228 g/mol. The van der Waals surface area contributed by atoms with Crippen LogP contribution in [0, 0.1) is 12.8 Å². The van der Waals surface area contributed by atoms with Gasteiger partial charge in [-0.25, -0.2) is 10.8 Å². The first-order valence-corrected chi connectivity index (χ1v) is 6.71. The topological polar surface area (TPSA) is 73.1 Å². The fourth-order valence-corrected chi connectivity index (χ4v) is 2.35. The molecule has 2 rings (SSSR count). The summed E-state index contributed by atoms with van der Waals surface area (Å²) in [6, 6.07) is 0. The van der Waals surface area contributed by atoms with Gasteiger partial charge in [-0.2, -0.15) is 4.98 Å². The zero-order valence-electron chi connectivity index (χ0n) is 11.2. The van der Waals surface area contributed by atoms with E-state index in [-0.39, 0.29) is 0 Å². The summed E-state index contributed by atoms with van der Waals surface area (Å²) in [4.78, 5) is 8.75. The van der Waals surface area contributed by atoms with Crippen LogP contribution in [-0.2, 0) is 6.42 Å². The standard InChI is InChI=1S/C13H22N4O/c1-3-11-15-12(17-14)9(2)13(16-11)18-8-10-6-4-5-7-10/h10H,3-8,14H2,1-2H3,(H,15,16,17). The highest BCUT2D eigenvalue weighted by molar-refractivity contribution is 5.47. The second kappa shape index (κ2) is 6.00. The molecule has 1 fully saturated rings. The molecule has 0 spiro atoms. The van der Waals surface area contributed by atoms with Gasteiger partial charge in [-0.15, -0.1) is 0 Å². The van der Waals surface area contributed by atoms with Crippen molar-refractivity contribution < 1.29 is 4.74 Å². The summed E-state index contributed by atoms with van der Waals surface area (Å²) >= 11 is 0. The van der Waals surface area contributed by atoms with Crippen LogP contribution < -0.4 is 16.0 Å². The molecule has 1 aliphatic rings. The second-order valence-electron chi connectivity index (χ2n) is 4.88. The van der Waals surface area contributed by atoms with Crippen molar-refractivity contribution in [1.82, 2.24) is 9.97 Å². The Morgan fingerprint density at radius 1 is 1.33 bits per heavy atom. The highest BCUT2D eigenvalue weighted by atomic mass is 16.5. The molecule has 0 atom stereocenters. The third kappa shape index (κ3) is 2.90. The lowest BCUT2D eigenvalue weighted by molar-refractivity contribution is 0.241. The number of aryl methyl sites for hydroxylation is 1. The Labute approximate surface area is 108 Å². The maximum atomic E-state index is 5.86. The number of nitrogens with two attached hydrogens (primary N) is 1. The number of hydrogen-bond acceptors (Lipinski definition) is 5. The molecule has 0 aromatic carbocycles. The van der Waals surface area contributed by atoms with E-state index in [0.29, 0.717) is 17.6 Å². The molecule has 5 nitrogen and oxygen atoms in total. The summed E-state index contributed by atoms with van der Waals surface area (Å²) in [5, 5.41) is 0. The van der Waals surface area contributed by atoms with E-state index in [1.54, 1.807) is 0 Å². The van der Waals surface area contributed by atoms with Gasteiger partial charge in [0, 0.05) is 6.42 Å². The van der Waals surface area contributed by atoms with Crippen molar-refractivity contribution in [3.8, 4) is 5.88 Å². The zero-order valence-corrected chi connectivity index (χ0v) is 11.2. The van der Waals surface area contributed by atoms with Gasteiger partial charge in [-0.3, -0.25) is 0 Å². The summed E-state index contributed by atoms with van der Waals surface area (Å²) in [6.07, 6.45) is 5.97. The van der Waals surface area contributed by atoms with Crippen LogP contribution in [0.15, 0.2) is 0 Å². The van der Waals surface area contributed by atoms with Crippen LogP contribution >= 0.6 is 0 Å². The molecule has 18 heavy (non-hydrogen) atoms. The molecule has 0 unspecified atom stereocenters. The Morgan fingerprint density at radius 3 is 2.67 bits per heavy atom. The molecule has 1 heterocycles. The van der Waals surface area contributed by atoms with Crippen molar-refractivity contribution in [3.05, 3.63) is 11.4 Å². The van der Waals surface area contributed by atoms with Gasteiger partial charge < -0.3 is 10.2 Å². The van der Waals surface area contributed by atoms with E-state index >= 15 is 0 Å². The molecule has 0 aliphatic heterocycles. The van der Waals surface area contributed by atoms with Crippen molar-refractivity contribution in [2.75, 3.05) is 12.0 Å². The first kappa shape index (κ1) is 13.1. The van der Waals surface area contributed by atoms with Crippen molar-refractivity contribution in [1.29, 1.82) is 0 Å². The summed E-state index contributed by atoms with van der Waals surface area (Å²) in [5.41, 5.74) is 3.49. The van der Waals surface area contributed by atoms with Crippen LogP contribution in [0.25, 0.3) is 0 Å². The third-order valence-corrected chi connectivity index (χ3v) is 3.53. The molecule has 5 heteroatoms. The fourth-order valence-electron chi connectivity index (χ4n) is 2.35. The van der Waals surface area contributed by atoms with Crippen molar-refractivity contribution in [2.45, 2.75) is 46.0 Å². The molecular formula is C13H22N4O. The minimum Gasteiger partial charge on any atom is -0.477 e. The second-order valence-corrected chi connectivity index (χ2v) is 4.88. The Kier molecular flexibility index (Phi) is 4.36. The number of nitrogens with zero attached hydrogens (tertiary/aromatic N) is 2. The lowest BCUT2D eigenvalue weighted by Gasteiger charge is -2.14. The number of hydrazine groups is 1. The lowest BCUT2D eigenvalue weighted by atomic mass is 10.1. The van der Waals surface area contributed by atoms with E-state index in [4.69, 9.17) is 10.6 Å². The number of ether oxygens (including phenoxy) is 1. The first-order chi connectivity index (χ1) is 8.74. The molecule has 0 bridgehead atoms. The number of rotatable bonds is 5. The minimum absolute atomic E-state index is 0.656. The highest BCUT2D eigenvalue weighted by Crippen LogP contribution is 2.27. The fraction of sp³-hybridized carbons (Fsp3) is 0.692. The molecule has 1 saturated carbocycles. The van der Waals surface area contributed by atoms with Gasteiger partial charge in [0.15, 0.2) is 0 Å². The highest BCUT2D eigenvalue weighted by Gasteiger charge is 2.17. The predicted molar refractivity (Wildman–Crippen MR) is 71.4 cm³/mol. The van der Waals surface area contributed by atoms with E-state index in [1.807, 2.05) is 13.8 Å². The largest absolute Gasteiger partial charge is 0.477 e. The predicted octanol–water partition coefficient (Wildman–Crippen LogP) is 2.20. The third-order valence-electron chi connectivity index (χ3n) is 3.53. The van der Waals surface area contributed by atoms with E-state index in [2.05, 4.69) is 15.4 Å². The molecule has 1 aromatic heterocycles. The van der Waals surface area contributed by atoms with E-state index in [9.17, 15) is 0 Å². The maximum Gasteiger partial charge on any atom is 0.221 e. The van der Waals surface area contributed by atoms with Gasteiger partial charge in [-0.1, -0.05) is 19.8 Å². The number of hydrogen-bond donors (Lipinski definition) is 2. The number of anilines is 1. The van der Waals surface area contributed by atoms with Crippen molar-refractivity contribution in [2.24, 2.45) is 11.8 Å². The molecule has 0 amide bonds. The van der Waals surface area contributed by atoms with E-state index < -0.39 is 0 Å². The van der Waals surface area contributed by atoms with Gasteiger partial charge >= 0.3 is 0 Å². The summed E-state index contributed by atoms with van der Waals surface area (Å²) in [6.45, 7) is 4.70. The SMILES string of the molecule is CCc1nc(NN)c(C)c(OCC2CCCC2)n1. The average Bonchev–Trinajstić information content (AvgIpc) is 2.90. The monoisotopic (exact) mass is 250 g/mol. The number of aromatic nitrogens is 2. The van der Waals surface area contributed by atoms with Gasteiger partial charge in [0.05, 0.1) is 12.2 Å². The van der Waals surface area contributed by atoms with Crippen LogP contribution in [0.5, 0.6) is 5.88 Å². The number of nitrogen functional groups attached to an aromatic ring is 1. The van der Waals surface area contributed by atoms with Crippen LogP contribution in [0.1, 0.15) is 44.0 Å². The molecule has 100 valence electrons. The van der Waals surface area contributed by atoms with Crippen LogP contribution in [0.2, 0.25) is 0 Å². The molecule has 0 saturated heterocycles. The van der Waals surface area contributed by atoms with Gasteiger partial charge in [-0.05, 0) is 25.7 Å². The summed E-state index contributed by atoms with van der Waals surface area (Å²) < 4.78 is 5.86. The molecule has 1 aromatic rings. The van der Waals surface area contributed by atoms with Crippen molar-refractivity contribution in [3.63, 3.8) is 0 Å². The Morgan fingerprint density at radius 2 is 2.06 bits per heavy atom.